The maximum Gasteiger partial charge on any atom is 0.255 e. The number of ether oxygens (including phenoxy) is 1. The summed E-state index contributed by atoms with van der Waals surface area (Å²) in [6.07, 6.45) is 6.10. The van der Waals surface area contributed by atoms with Gasteiger partial charge in [0.25, 0.3) is 5.91 Å². The van der Waals surface area contributed by atoms with Crippen LogP contribution in [0.3, 0.4) is 0 Å². The van der Waals surface area contributed by atoms with Crippen molar-refractivity contribution in [2.45, 2.75) is 0 Å². The van der Waals surface area contributed by atoms with Crippen molar-refractivity contribution in [1.82, 2.24) is 19.7 Å². The second-order valence-electron chi connectivity index (χ2n) is 4.51. The van der Waals surface area contributed by atoms with Gasteiger partial charge in [-0.05, 0) is 24.3 Å². The first-order chi connectivity index (χ1) is 11.2. The average Bonchev–Trinajstić information content (AvgIpc) is 3.10. The molecule has 0 unspecified atom stereocenters. The Bertz CT molecular complexity index is 836. The first-order valence-electron chi connectivity index (χ1n) is 6.64. The maximum atomic E-state index is 13.4. The normalized spacial score (nSPS) is 10.3. The molecule has 2 heterocycles. The highest BCUT2D eigenvalue weighted by molar-refractivity contribution is 6.05. The lowest BCUT2D eigenvalue weighted by atomic mass is 10.2. The topological polar surface area (TPSA) is 81.9 Å². The average molecular weight is 313 g/mol. The van der Waals surface area contributed by atoms with Crippen molar-refractivity contribution in [1.29, 1.82) is 0 Å². The Kier molecular flexibility index (Phi) is 3.96. The standard InChI is InChI=1S/C15H12FN5O2/c1-23-13-7-10(3-4-11(13)16)15(22)20-12-8-17-9-18-14(12)21-6-2-5-19-21/h2-9H,1H3,(H,20,22). The molecule has 3 aromatic rings. The Balaban J connectivity index is 1.89. The highest BCUT2D eigenvalue weighted by atomic mass is 19.1. The summed E-state index contributed by atoms with van der Waals surface area (Å²) in [5.74, 6) is -0.558. The summed E-state index contributed by atoms with van der Waals surface area (Å²) in [5, 5.41) is 6.75. The van der Waals surface area contributed by atoms with E-state index in [2.05, 4.69) is 20.4 Å². The van der Waals surface area contributed by atoms with Crippen LogP contribution in [0.2, 0.25) is 0 Å². The fourth-order valence-corrected chi connectivity index (χ4v) is 1.98. The maximum absolute atomic E-state index is 13.4. The molecular formula is C15H12FN5O2. The van der Waals surface area contributed by atoms with Crippen molar-refractivity contribution < 1.29 is 13.9 Å². The van der Waals surface area contributed by atoms with Gasteiger partial charge in [-0.1, -0.05) is 0 Å². The number of nitrogens with one attached hydrogen (secondary N) is 1. The predicted molar refractivity (Wildman–Crippen MR) is 80.1 cm³/mol. The number of anilines is 1. The molecule has 0 radical (unpaired) electrons. The summed E-state index contributed by atoms with van der Waals surface area (Å²) < 4.78 is 19.8. The highest BCUT2D eigenvalue weighted by Gasteiger charge is 2.14. The number of hydrogen-bond donors (Lipinski definition) is 1. The molecule has 116 valence electrons. The Morgan fingerprint density at radius 1 is 1.39 bits per heavy atom. The highest BCUT2D eigenvalue weighted by Crippen LogP contribution is 2.20. The molecule has 1 N–H and O–H groups in total. The summed E-state index contributed by atoms with van der Waals surface area (Å²) in [7, 11) is 1.33. The second-order valence-corrected chi connectivity index (χ2v) is 4.51. The minimum atomic E-state index is -0.538. The van der Waals surface area contributed by atoms with Crippen molar-refractivity contribution in [2.75, 3.05) is 12.4 Å². The van der Waals surface area contributed by atoms with Crippen LogP contribution in [0, 0.1) is 5.82 Å². The minimum Gasteiger partial charge on any atom is -0.494 e. The first kappa shape index (κ1) is 14.6. The van der Waals surface area contributed by atoms with E-state index in [9.17, 15) is 9.18 Å². The van der Waals surface area contributed by atoms with E-state index < -0.39 is 11.7 Å². The fourth-order valence-electron chi connectivity index (χ4n) is 1.98. The molecule has 7 nitrogen and oxygen atoms in total. The number of carbonyl (C=O) groups is 1. The summed E-state index contributed by atoms with van der Waals surface area (Å²) in [6.45, 7) is 0. The number of amides is 1. The number of methoxy groups -OCH3 is 1. The number of aromatic nitrogens is 4. The lowest BCUT2D eigenvalue weighted by Crippen LogP contribution is -2.15. The molecular weight excluding hydrogens is 301 g/mol. The van der Waals surface area contributed by atoms with E-state index in [1.165, 1.54) is 42.5 Å². The van der Waals surface area contributed by atoms with Gasteiger partial charge in [0.2, 0.25) is 0 Å². The van der Waals surface area contributed by atoms with Gasteiger partial charge < -0.3 is 10.1 Å². The Labute approximate surface area is 130 Å². The van der Waals surface area contributed by atoms with Crippen LogP contribution in [0.4, 0.5) is 10.1 Å². The zero-order valence-corrected chi connectivity index (χ0v) is 12.1. The van der Waals surface area contributed by atoms with E-state index in [4.69, 9.17) is 4.74 Å². The largest absolute Gasteiger partial charge is 0.494 e. The van der Waals surface area contributed by atoms with Gasteiger partial charge in [-0.2, -0.15) is 5.10 Å². The van der Waals surface area contributed by atoms with Gasteiger partial charge in [0, 0.05) is 18.0 Å². The van der Waals surface area contributed by atoms with Crippen LogP contribution in [-0.4, -0.2) is 32.8 Å². The van der Waals surface area contributed by atoms with Crippen molar-refractivity contribution in [3.63, 3.8) is 0 Å². The summed E-state index contributed by atoms with van der Waals surface area (Å²) >= 11 is 0. The molecule has 0 saturated heterocycles. The molecule has 3 rings (SSSR count). The van der Waals surface area contributed by atoms with E-state index in [0.29, 0.717) is 11.5 Å². The second kappa shape index (κ2) is 6.22. The van der Waals surface area contributed by atoms with Crippen molar-refractivity contribution in [3.8, 4) is 11.6 Å². The molecule has 8 heteroatoms. The lowest BCUT2D eigenvalue weighted by Gasteiger charge is -2.10. The van der Waals surface area contributed by atoms with Gasteiger partial charge in [-0.25, -0.2) is 19.0 Å². The molecule has 0 saturated carbocycles. The zero-order chi connectivity index (χ0) is 16.2. The van der Waals surface area contributed by atoms with Gasteiger partial charge in [-0.15, -0.1) is 0 Å². The van der Waals surface area contributed by atoms with Crippen molar-refractivity contribution >= 4 is 11.6 Å². The first-order valence-corrected chi connectivity index (χ1v) is 6.64. The minimum absolute atomic E-state index is 0.00531. The van der Waals surface area contributed by atoms with Crippen LogP contribution in [0.15, 0.2) is 49.2 Å². The monoisotopic (exact) mass is 313 g/mol. The van der Waals surface area contributed by atoms with E-state index in [0.717, 1.165) is 0 Å². The van der Waals surface area contributed by atoms with E-state index in [1.54, 1.807) is 18.5 Å². The van der Waals surface area contributed by atoms with Crippen LogP contribution in [-0.2, 0) is 0 Å². The summed E-state index contributed by atoms with van der Waals surface area (Å²) in [5.41, 5.74) is 0.628. The number of hydrogen-bond acceptors (Lipinski definition) is 5. The molecule has 0 spiro atoms. The van der Waals surface area contributed by atoms with Crippen molar-refractivity contribution in [2.24, 2.45) is 0 Å². The molecule has 23 heavy (non-hydrogen) atoms. The van der Waals surface area contributed by atoms with Crippen LogP contribution < -0.4 is 10.1 Å². The Morgan fingerprint density at radius 2 is 2.26 bits per heavy atom. The summed E-state index contributed by atoms with van der Waals surface area (Å²) in [6, 6.07) is 5.59. The van der Waals surface area contributed by atoms with E-state index >= 15 is 0 Å². The lowest BCUT2D eigenvalue weighted by molar-refractivity contribution is 0.102. The smallest absolute Gasteiger partial charge is 0.255 e. The van der Waals surface area contributed by atoms with Crippen LogP contribution in [0.5, 0.6) is 5.75 Å². The number of nitrogens with zero attached hydrogens (tertiary/aromatic N) is 4. The van der Waals surface area contributed by atoms with Crippen LogP contribution in [0.25, 0.3) is 5.82 Å². The molecule has 0 aliphatic heterocycles. The quantitative estimate of drug-likeness (QED) is 0.797. The van der Waals surface area contributed by atoms with Gasteiger partial charge in [0.05, 0.1) is 13.3 Å². The van der Waals surface area contributed by atoms with Crippen LogP contribution >= 0.6 is 0 Å². The molecule has 1 amide bonds. The molecule has 1 aromatic carbocycles. The summed E-state index contributed by atoms with van der Waals surface area (Å²) in [4.78, 5) is 20.3. The number of benzene rings is 1. The molecule has 0 aliphatic rings. The predicted octanol–water partition coefficient (Wildman–Crippen LogP) is 2.06. The van der Waals surface area contributed by atoms with Gasteiger partial charge in [0.1, 0.15) is 12.0 Å². The Morgan fingerprint density at radius 3 is 3.00 bits per heavy atom. The fraction of sp³-hybridized carbons (Fsp3) is 0.0667. The number of halogens is 1. The third kappa shape index (κ3) is 3.00. The van der Waals surface area contributed by atoms with Crippen LogP contribution in [0.1, 0.15) is 10.4 Å². The van der Waals surface area contributed by atoms with Gasteiger partial charge >= 0.3 is 0 Å². The molecule has 0 atom stereocenters. The number of carbonyl (C=O) groups excluding carboxylic acids is 1. The van der Waals surface area contributed by atoms with Crippen molar-refractivity contribution in [3.05, 3.63) is 60.6 Å². The van der Waals surface area contributed by atoms with E-state index in [1.807, 2.05) is 0 Å². The SMILES string of the molecule is COc1cc(C(=O)Nc2cncnc2-n2cccn2)ccc1F. The molecule has 0 aliphatic carbocycles. The third-order valence-corrected chi connectivity index (χ3v) is 3.07. The van der Waals surface area contributed by atoms with Gasteiger partial charge in [-0.3, -0.25) is 4.79 Å². The molecule has 0 bridgehead atoms. The third-order valence-electron chi connectivity index (χ3n) is 3.07. The van der Waals surface area contributed by atoms with E-state index in [-0.39, 0.29) is 11.3 Å². The number of rotatable bonds is 4. The van der Waals surface area contributed by atoms with Gasteiger partial charge in [0.15, 0.2) is 17.4 Å². The Hall–Kier alpha value is -3.29. The molecule has 0 fully saturated rings. The zero-order valence-electron chi connectivity index (χ0n) is 12.1. The molecule has 2 aromatic heterocycles.